The first-order chi connectivity index (χ1) is 17.1. The van der Waals surface area contributed by atoms with Gasteiger partial charge in [0.15, 0.2) is 5.76 Å². The van der Waals surface area contributed by atoms with Gasteiger partial charge in [0, 0.05) is 37.3 Å². The van der Waals surface area contributed by atoms with Crippen molar-refractivity contribution in [3.8, 4) is 17.1 Å². The van der Waals surface area contributed by atoms with Crippen LogP contribution in [0.3, 0.4) is 0 Å². The summed E-state index contributed by atoms with van der Waals surface area (Å²) < 4.78 is 11.0. The molecule has 0 saturated carbocycles. The number of hydrogen-bond donors (Lipinski definition) is 1. The SMILES string of the molecule is COc1ccccc1N1CCN(C(=O)CNC(=O)c2ccc3noc(-c4ccccc4)c3c2)CC1. The number of nitrogens with zero attached hydrogens (tertiary/aromatic N) is 3. The van der Waals surface area contributed by atoms with Crippen molar-refractivity contribution >= 4 is 28.4 Å². The van der Waals surface area contributed by atoms with Crippen molar-refractivity contribution in [2.24, 2.45) is 0 Å². The van der Waals surface area contributed by atoms with Gasteiger partial charge >= 0.3 is 0 Å². The number of ether oxygens (including phenoxy) is 1. The highest BCUT2D eigenvalue weighted by atomic mass is 16.5. The molecule has 35 heavy (non-hydrogen) atoms. The molecule has 0 unspecified atom stereocenters. The number of para-hydroxylation sites is 2. The molecule has 0 spiro atoms. The van der Waals surface area contributed by atoms with E-state index in [0.29, 0.717) is 43.0 Å². The van der Waals surface area contributed by atoms with Crippen LogP contribution >= 0.6 is 0 Å². The van der Waals surface area contributed by atoms with Crippen LogP contribution in [0.2, 0.25) is 0 Å². The van der Waals surface area contributed by atoms with Crippen molar-refractivity contribution in [1.29, 1.82) is 0 Å². The monoisotopic (exact) mass is 470 g/mol. The second-order valence-corrected chi connectivity index (χ2v) is 8.33. The molecule has 1 fully saturated rings. The maximum Gasteiger partial charge on any atom is 0.251 e. The first kappa shape index (κ1) is 22.5. The zero-order chi connectivity index (χ0) is 24.2. The van der Waals surface area contributed by atoms with Gasteiger partial charge in [0.2, 0.25) is 5.91 Å². The normalized spacial score (nSPS) is 13.6. The first-order valence-corrected chi connectivity index (χ1v) is 11.5. The van der Waals surface area contributed by atoms with Gasteiger partial charge in [-0.05, 0) is 30.3 Å². The molecule has 0 aliphatic carbocycles. The van der Waals surface area contributed by atoms with Crippen LogP contribution in [-0.4, -0.2) is 61.7 Å². The number of rotatable bonds is 6. The molecule has 1 aliphatic rings. The fourth-order valence-corrected chi connectivity index (χ4v) is 4.34. The van der Waals surface area contributed by atoms with Gasteiger partial charge in [-0.25, -0.2) is 0 Å². The molecule has 0 bridgehead atoms. The number of fused-ring (bicyclic) bond motifs is 1. The summed E-state index contributed by atoms with van der Waals surface area (Å²) in [6, 6.07) is 22.7. The summed E-state index contributed by atoms with van der Waals surface area (Å²) in [6.07, 6.45) is 0. The molecule has 2 amide bonds. The van der Waals surface area contributed by atoms with E-state index >= 15 is 0 Å². The smallest absolute Gasteiger partial charge is 0.251 e. The topological polar surface area (TPSA) is 87.9 Å². The number of hydrogen-bond acceptors (Lipinski definition) is 6. The first-order valence-electron chi connectivity index (χ1n) is 11.5. The van der Waals surface area contributed by atoms with Gasteiger partial charge in [-0.1, -0.05) is 47.6 Å². The number of benzene rings is 3. The predicted molar refractivity (Wildman–Crippen MR) is 134 cm³/mol. The van der Waals surface area contributed by atoms with Crippen LogP contribution in [-0.2, 0) is 4.79 Å². The van der Waals surface area contributed by atoms with Gasteiger partial charge in [0.1, 0.15) is 11.3 Å². The van der Waals surface area contributed by atoms with E-state index in [1.165, 1.54) is 0 Å². The Balaban J connectivity index is 1.19. The average molecular weight is 471 g/mol. The molecule has 8 heteroatoms. The highest BCUT2D eigenvalue weighted by molar-refractivity contribution is 6.02. The molecule has 1 saturated heterocycles. The lowest BCUT2D eigenvalue weighted by molar-refractivity contribution is -0.130. The van der Waals surface area contributed by atoms with Crippen LogP contribution in [0.4, 0.5) is 5.69 Å². The van der Waals surface area contributed by atoms with Crippen molar-refractivity contribution in [1.82, 2.24) is 15.4 Å². The quantitative estimate of drug-likeness (QED) is 0.464. The molecule has 1 aliphatic heterocycles. The van der Waals surface area contributed by atoms with Crippen LogP contribution in [0.25, 0.3) is 22.2 Å². The van der Waals surface area contributed by atoms with E-state index in [2.05, 4.69) is 15.4 Å². The highest BCUT2D eigenvalue weighted by Crippen LogP contribution is 2.30. The van der Waals surface area contributed by atoms with E-state index < -0.39 is 0 Å². The van der Waals surface area contributed by atoms with Crippen molar-refractivity contribution in [2.45, 2.75) is 0 Å². The van der Waals surface area contributed by atoms with Crippen LogP contribution in [0, 0.1) is 0 Å². The minimum atomic E-state index is -0.312. The van der Waals surface area contributed by atoms with E-state index in [0.717, 1.165) is 22.4 Å². The number of amides is 2. The van der Waals surface area contributed by atoms with Gasteiger partial charge in [-0.3, -0.25) is 9.59 Å². The Morgan fingerprint density at radius 1 is 0.971 bits per heavy atom. The van der Waals surface area contributed by atoms with Gasteiger partial charge in [-0.15, -0.1) is 0 Å². The van der Waals surface area contributed by atoms with Crippen LogP contribution < -0.4 is 15.0 Å². The molecule has 0 radical (unpaired) electrons. The Hall–Kier alpha value is -4.33. The molecule has 4 aromatic rings. The van der Waals surface area contributed by atoms with Gasteiger partial charge in [0.05, 0.1) is 24.7 Å². The summed E-state index contributed by atoms with van der Waals surface area (Å²) in [5.41, 5.74) is 3.03. The van der Waals surface area contributed by atoms with E-state index in [4.69, 9.17) is 9.26 Å². The third-order valence-electron chi connectivity index (χ3n) is 6.23. The number of carbonyl (C=O) groups is 2. The zero-order valence-electron chi connectivity index (χ0n) is 19.4. The molecule has 2 heterocycles. The fourth-order valence-electron chi connectivity index (χ4n) is 4.34. The molecule has 5 rings (SSSR count). The number of carbonyl (C=O) groups excluding carboxylic acids is 2. The van der Waals surface area contributed by atoms with Gasteiger partial charge < -0.3 is 24.4 Å². The lowest BCUT2D eigenvalue weighted by Crippen LogP contribution is -2.51. The number of anilines is 1. The Morgan fingerprint density at radius 3 is 2.49 bits per heavy atom. The number of piperazine rings is 1. The lowest BCUT2D eigenvalue weighted by atomic mass is 10.1. The minimum absolute atomic E-state index is 0.0549. The summed E-state index contributed by atoms with van der Waals surface area (Å²) in [5.74, 6) is 1.01. The third kappa shape index (κ3) is 4.68. The van der Waals surface area contributed by atoms with E-state index in [9.17, 15) is 9.59 Å². The Morgan fingerprint density at radius 2 is 1.71 bits per heavy atom. The van der Waals surface area contributed by atoms with Crippen LogP contribution in [0.1, 0.15) is 10.4 Å². The molecule has 1 aromatic heterocycles. The molecule has 178 valence electrons. The van der Waals surface area contributed by atoms with E-state index in [1.54, 1.807) is 30.2 Å². The Labute approximate surface area is 203 Å². The minimum Gasteiger partial charge on any atom is -0.495 e. The average Bonchev–Trinajstić information content (AvgIpc) is 3.35. The molecule has 3 aromatic carbocycles. The van der Waals surface area contributed by atoms with Crippen molar-refractivity contribution in [2.75, 3.05) is 44.7 Å². The second kappa shape index (κ2) is 9.89. The standard InChI is InChI=1S/C27H26N4O4/c1-34-24-10-6-5-9-23(24)30-13-15-31(16-14-30)25(32)18-28-27(33)20-11-12-22-21(17-20)26(35-29-22)19-7-3-2-4-8-19/h2-12,17H,13-16,18H2,1H3,(H,28,33). The van der Waals surface area contributed by atoms with Crippen LogP contribution in [0.15, 0.2) is 77.3 Å². The van der Waals surface area contributed by atoms with Crippen LogP contribution in [0.5, 0.6) is 5.75 Å². The van der Waals surface area contributed by atoms with Crippen molar-refractivity contribution in [3.05, 3.63) is 78.4 Å². The summed E-state index contributed by atoms with van der Waals surface area (Å²) in [5, 5.41) is 7.60. The molecule has 8 nitrogen and oxygen atoms in total. The summed E-state index contributed by atoms with van der Waals surface area (Å²) in [6.45, 7) is 2.51. The predicted octanol–water partition coefficient (Wildman–Crippen LogP) is 3.58. The van der Waals surface area contributed by atoms with E-state index in [1.807, 2.05) is 54.6 Å². The highest BCUT2D eigenvalue weighted by Gasteiger charge is 2.23. The maximum absolute atomic E-state index is 12.8. The molecular formula is C27H26N4O4. The summed E-state index contributed by atoms with van der Waals surface area (Å²) in [4.78, 5) is 29.5. The number of aromatic nitrogens is 1. The van der Waals surface area contributed by atoms with E-state index in [-0.39, 0.29) is 18.4 Å². The maximum atomic E-state index is 12.8. The zero-order valence-corrected chi connectivity index (χ0v) is 19.4. The van der Waals surface area contributed by atoms with Gasteiger partial charge in [0.25, 0.3) is 5.91 Å². The third-order valence-corrected chi connectivity index (χ3v) is 6.23. The lowest BCUT2D eigenvalue weighted by Gasteiger charge is -2.36. The Bertz CT molecular complexity index is 1340. The van der Waals surface area contributed by atoms with Gasteiger partial charge in [-0.2, -0.15) is 0 Å². The molecule has 1 N–H and O–H groups in total. The Kier molecular flexibility index (Phi) is 6.34. The number of methoxy groups -OCH3 is 1. The molecular weight excluding hydrogens is 444 g/mol. The van der Waals surface area contributed by atoms with Crippen molar-refractivity contribution in [3.63, 3.8) is 0 Å². The number of nitrogens with one attached hydrogen (secondary N) is 1. The molecule has 0 atom stereocenters. The summed E-state index contributed by atoms with van der Waals surface area (Å²) in [7, 11) is 1.66. The fraction of sp³-hybridized carbons (Fsp3) is 0.222. The largest absolute Gasteiger partial charge is 0.495 e. The van der Waals surface area contributed by atoms with Crippen molar-refractivity contribution < 1.29 is 18.8 Å². The second-order valence-electron chi connectivity index (χ2n) is 8.33. The summed E-state index contributed by atoms with van der Waals surface area (Å²) >= 11 is 0.